The van der Waals surface area contributed by atoms with Gasteiger partial charge < -0.3 is 5.32 Å². The van der Waals surface area contributed by atoms with Crippen LogP contribution in [0, 0.1) is 0 Å². The number of halogens is 2. The standard InChI is InChI=1S/C14H11Cl2NO/c15-11-6-7-12(13(16)8-11)14(18)17-9-10-4-2-1-3-5-10/h1-8H,9H2,(H,17,18). The molecule has 2 aromatic rings. The van der Waals surface area contributed by atoms with E-state index in [1.54, 1.807) is 18.2 Å². The molecule has 0 aliphatic rings. The maximum atomic E-state index is 11.9. The van der Waals surface area contributed by atoms with Crippen molar-refractivity contribution in [2.75, 3.05) is 0 Å². The molecule has 4 heteroatoms. The van der Waals surface area contributed by atoms with Gasteiger partial charge in [-0.05, 0) is 23.8 Å². The van der Waals surface area contributed by atoms with Crippen molar-refractivity contribution < 1.29 is 4.79 Å². The third-order valence-corrected chi connectivity index (χ3v) is 3.02. The smallest absolute Gasteiger partial charge is 0.253 e. The molecule has 0 spiro atoms. The first-order chi connectivity index (χ1) is 8.66. The average Bonchev–Trinajstić information content (AvgIpc) is 2.37. The molecule has 0 atom stereocenters. The van der Waals surface area contributed by atoms with Crippen molar-refractivity contribution >= 4 is 29.1 Å². The Hall–Kier alpha value is -1.51. The maximum Gasteiger partial charge on any atom is 0.253 e. The zero-order chi connectivity index (χ0) is 13.0. The Bertz CT molecular complexity index is 555. The van der Waals surface area contributed by atoms with Crippen LogP contribution in [0.25, 0.3) is 0 Å². The number of hydrogen-bond donors (Lipinski definition) is 1. The van der Waals surface area contributed by atoms with Gasteiger partial charge in [-0.3, -0.25) is 4.79 Å². The van der Waals surface area contributed by atoms with E-state index >= 15 is 0 Å². The highest BCUT2D eigenvalue weighted by Gasteiger charge is 2.09. The highest BCUT2D eigenvalue weighted by Crippen LogP contribution is 2.20. The second-order valence-corrected chi connectivity index (χ2v) is 4.64. The molecule has 0 fully saturated rings. The van der Waals surface area contributed by atoms with Crippen LogP contribution in [0.1, 0.15) is 15.9 Å². The summed E-state index contributed by atoms with van der Waals surface area (Å²) in [4.78, 5) is 11.9. The molecule has 0 unspecified atom stereocenters. The van der Waals surface area contributed by atoms with E-state index in [-0.39, 0.29) is 5.91 Å². The van der Waals surface area contributed by atoms with Crippen LogP contribution >= 0.6 is 23.2 Å². The van der Waals surface area contributed by atoms with Crippen molar-refractivity contribution in [2.24, 2.45) is 0 Å². The number of hydrogen-bond acceptors (Lipinski definition) is 1. The molecular weight excluding hydrogens is 269 g/mol. The summed E-state index contributed by atoms with van der Waals surface area (Å²) in [5, 5.41) is 3.68. The van der Waals surface area contributed by atoms with Crippen molar-refractivity contribution in [1.82, 2.24) is 5.32 Å². The van der Waals surface area contributed by atoms with Gasteiger partial charge >= 0.3 is 0 Å². The van der Waals surface area contributed by atoms with Crippen LogP contribution in [0.15, 0.2) is 48.5 Å². The summed E-state index contributed by atoms with van der Waals surface area (Å²) in [7, 11) is 0. The molecule has 0 saturated heterocycles. The normalized spacial score (nSPS) is 10.1. The molecule has 2 nitrogen and oxygen atoms in total. The Balaban J connectivity index is 2.04. The maximum absolute atomic E-state index is 11.9. The minimum absolute atomic E-state index is 0.208. The average molecular weight is 280 g/mol. The molecule has 18 heavy (non-hydrogen) atoms. The van der Waals surface area contributed by atoms with Crippen LogP contribution in [0.2, 0.25) is 10.0 Å². The highest BCUT2D eigenvalue weighted by molar-refractivity contribution is 6.36. The Morgan fingerprint density at radius 3 is 2.44 bits per heavy atom. The second kappa shape index (κ2) is 5.89. The van der Waals surface area contributed by atoms with Crippen LogP contribution in [0.4, 0.5) is 0 Å². The van der Waals surface area contributed by atoms with E-state index in [4.69, 9.17) is 23.2 Å². The molecule has 0 aliphatic carbocycles. The van der Waals surface area contributed by atoms with Gasteiger partial charge in [0, 0.05) is 11.6 Å². The van der Waals surface area contributed by atoms with E-state index < -0.39 is 0 Å². The zero-order valence-electron chi connectivity index (χ0n) is 9.49. The van der Waals surface area contributed by atoms with Gasteiger partial charge in [0.25, 0.3) is 5.91 Å². The Morgan fingerprint density at radius 1 is 1.06 bits per heavy atom. The van der Waals surface area contributed by atoms with Crippen molar-refractivity contribution in [3.05, 3.63) is 69.7 Å². The van der Waals surface area contributed by atoms with Gasteiger partial charge in [0.1, 0.15) is 0 Å². The molecule has 2 rings (SSSR count). The molecule has 0 radical (unpaired) electrons. The summed E-state index contributed by atoms with van der Waals surface area (Å²) in [5.74, 6) is -0.208. The molecule has 0 saturated carbocycles. The number of nitrogens with one attached hydrogen (secondary N) is 1. The van der Waals surface area contributed by atoms with Crippen LogP contribution in [0.3, 0.4) is 0 Å². The monoisotopic (exact) mass is 279 g/mol. The fourth-order valence-corrected chi connectivity index (χ4v) is 2.04. The zero-order valence-corrected chi connectivity index (χ0v) is 11.0. The molecule has 92 valence electrons. The first-order valence-electron chi connectivity index (χ1n) is 5.44. The molecule has 1 N–H and O–H groups in total. The van der Waals surface area contributed by atoms with E-state index in [0.717, 1.165) is 5.56 Å². The van der Waals surface area contributed by atoms with Gasteiger partial charge in [-0.25, -0.2) is 0 Å². The number of amides is 1. The first-order valence-corrected chi connectivity index (χ1v) is 6.19. The third-order valence-electron chi connectivity index (χ3n) is 2.47. The van der Waals surface area contributed by atoms with E-state index in [2.05, 4.69) is 5.32 Å². The number of carbonyl (C=O) groups excluding carboxylic acids is 1. The summed E-state index contributed by atoms with van der Waals surface area (Å²) in [6.07, 6.45) is 0. The second-order valence-electron chi connectivity index (χ2n) is 3.79. The summed E-state index contributed by atoms with van der Waals surface area (Å²) >= 11 is 11.7. The summed E-state index contributed by atoms with van der Waals surface area (Å²) < 4.78 is 0. The molecule has 0 heterocycles. The van der Waals surface area contributed by atoms with Crippen molar-refractivity contribution in [3.63, 3.8) is 0 Å². The van der Waals surface area contributed by atoms with Crippen LogP contribution in [-0.4, -0.2) is 5.91 Å². The van der Waals surface area contributed by atoms with E-state index in [9.17, 15) is 4.79 Å². The lowest BCUT2D eigenvalue weighted by Crippen LogP contribution is -2.23. The lowest BCUT2D eigenvalue weighted by Gasteiger charge is -2.07. The Kier molecular flexibility index (Phi) is 4.24. The van der Waals surface area contributed by atoms with Gasteiger partial charge in [-0.1, -0.05) is 53.5 Å². The Morgan fingerprint density at radius 2 is 1.78 bits per heavy atom. The van der Waals surface area contributed by atoms with Gasteiger partial charge in [0.15, 0.2) is 0 Å². The van der Waals surface area contributed by atoms with E-state index in [0.29, 0.717) is 22.2 Å². The van der Waals surface area contributed by atoms with Crippen molar-refractivity contribution in [2.45, 2.75) is 6.54 Å². The summed E-state index contributed by atoms with van der Waals surface area (Å²) in [5.41, 5.74) is 1.47. The quantitative estimate of drug-likeness (QED) is 0.907. The number of benzene rings is 2. The number of carbonyl (C=O) groups is 1. The van der Waals surface area contributed by atoms with Crippen molar-refractivity contribution in [1.29, 1.82) is 0 Å². The largest absolute Gasteiger partial charge is 0.348 e. The summed E-state index contributed by atoms with van der Waals surface area (Å²) in [6.45, 7) is 0.471. The fraction of sp³-hybridized carbons (Fsp3) is 0.0714. The number of rotatable bonds is 3. The lowest BCUT2D eigenvalue weighted by atomic mass is 10.2. The van der Waals surface area contributed by atoms with E-state index in [1.807, 2.05) is 30.3 Å². The minimum Gasteiger partial charge on any atom is -0.348 e. The predicted octanol–water partition coefficient (Wildman–Crippen LogP) is 3.92. The van der Waals surface area contributed by atoms with Gasteiger partial charge in [0.2, 0.25) is 0 Å². The van der Waals surface area contributed by atoms with E-state index in [1.165, 1.54) is 0 Å². The third kappa shape index (κ3) is 3.25. The topological polar surface area (TPSA) is 29.1 Å². The molecule has 0 aromatic heterocycles. The lowest BCUT2D eigenvalue weighted by molar-refractivity contribution is 0.0951. The molecule has 0 bridgehead atoms. The fourth-order valence-electron chi connectivity index (χ4n) is 1.55. The van der Waals surface area contributed by atoms with Gasteiger partial charge in [0.05, 0.1) is 10.6 Å². The minimum atomic E-state index is -0.208. The first kappa shape index (κ1) is 12.9. The SMILES string of the molecule is O=C(NCc1ccccc1)c1ccc(Cl)cc1Cl. The molecule has 1 amide bonds. The molecular formula is C14H11Cl2NO. The Labute approximate surface area is 116 Å². The highest BCUT2D eigenvalue weighted by atomic mass is 35.5. The van der Waals surface area contributed by atoms with Gasteiger partial charge in [-0.15, -0.1) is 0 Å². The van der Waals surface area contributed by atoms with Crippen LogP contribution in [-0.2, 0) is 6.54 Å². The van der Waals surface area contributed by atoms with Crippen LogP contribution in [0.5, 0.6) is 0 Å². The molecule has 2 aromatic carbocycles. The predicted molar refractivity (Wildman–Crippen MR) is 74.1 cm³/mol. The summed E-state index contributed by atoms with van der Waals surface area (Å²) in [6, 6.07) is 14.5. The van der Waals surface area contributed by atoms with Gasteiger partial charge in [-0.2, -0.15) is 0 Å². The van der Waals surface area contributed by atoms with Crippen molar-refractivity contribution in [3.8, 4) is 0 Å². The molecule has 0 aliphatic heterocycles. The van der Waals surface area contributed by atoms with Crippen LogP contribution < -0.4 is 5.32 Å².